The Labute approximate surface area is 87.0 Å². The molecule has 0 saturated heterocycles. The zero-order chi connectivity index (χ0) is 13.5. The van der Waals surface area contributed by atoms with Crippen molar-refractivity contribution in [2.75, 3.05) is 0 Å². The van der Waals surface area contributed by atoms with Gasteiger partial charge in [-0.2, -0.15) is 0 Å². The standard InChI is InChI=1S/C4H6O6.C2H2O4/c5-1(3(7)8)2(6)4(9)10;3-1(4)2(5)6/h1-2,5-6H,(H,7,8)(H,9,10);(H,3,4)(H,5,6)/t1-,2-;/m0./s1. The number of hydrogen-bond acceptors (Lipinski definition) is 6. The number of carbonyl (C=O) groups is 4. The van der Waals surface area contributed by atoms with E-state index in [1.807, 2.05) is 0 Å². The summed E-state index contributed by atoms with van der Waals surface area (Å²) < 4.78 is 0. The van der Waals surface area contributed by atoms with Crippen molar-refractivity contribution in [3.05, 3.63) is 0 Å². The van der Waals surface area contributed by atoms with E-state index in [4.69, 9.17) is 40.2 Å². The van der Waals surface area contributed by atoms with Gasteiger partial charge in [-0.15, -0.1) is 0 Å². The summed E-state index contributed by atoms with van der Waals surface area (Å²) in [4.78, 5) is 37.7. The van der Waals surface area contributed by atoms with Gasteiger partial charge in [-0.25, -0.2) is 19.2 Å². The smallest absolute Gasteiger partial charge is 0.414 e. The van der Waals surface area contributed by atoms with Gasteiger partial charge in [0, 0.05) is 0 Å². The van der Waals surface area contributed by atoms with Crippen molar-refractivity contribution in [2.45, 2.75) is 12.2 Å². The molecule has 0 fully saturated rings. The van der Waals surface area contributed by atoms with E-state index < -0.39 is 36.1 Å². The zero-order valence-corrected chi connectivity index (χ0v) is 7.47. The molecule has 0 spiro atoms. The maximum absolute atomic E-state index is 9.77. The van der Waals surface area contributed by atoms with Gasteiger partial charge in [0.1, 0.15) is 0 Å². The lowest BCUT2D eigenvalue weighted by Gasteiger charge is -2.07. The molecule has 10 nitrogen and oxygen atoms in total. The third-order valence-electron chi connectivity index (χ3n) is 0.988. The Balaban J connectivity index is 0. The van der Waals surface area contributed by atoms with Crippen molar-refractivity contribution in [1.82, 2.24) is 0 Å². The first-order valence-corrected chi connectivity index (χ1v) is 3.39. The average Bonchev–Trinajstić information content (AvgIpc) is 2.15. The van der Waals surface area contributed by atoms with Crippen molar-refractivity contribution < 1.29 is 49.8 Å². The quantitative estimate of drug-likeness (QED) is 0.277. The molecule has 0 unspecified atom stereocenters. The molecule has 0 saturated carbocycles. The second-order valence-electron chi connectivity index (χ2n) is 2.18. The van der Waals surface area contributed by atoms with Crippen molar-refractivity contribution in [2.24, 2.45) is 0 Å². The van der Waals surface area contributed by atoms with Crippen molar-refractivity contribution in [1.29, 1.82) is 0 Å². The van der Waals surface area contributed by atoms with E-state index >= 15 is 0 Å². The second-order valence-corrected chi connectivity index (χ2v) is 2.18. The van der Waals surface area contributed by atoms with Crippen LogP contribution in [0, 0.1) is 0 Å². The van der Waals surface area contributed by atoms with Crippen LogP contribution in [-0.4, -0.2) is 66.7 Å². The highest BCUT2D eigenvalue weighted by Gasteiger charge is 2.29. The van der Waals surface area contributed by atoms with Crippen LogP contribution in [0.2, 0.25) is 0 Å². The molecule has 0 aromatic heterocycles. The molecule has 10 heteroatoms. The van der Waals surface area contributed by atoms with Gasteiger partial charge in [0.25, 0.3) is 0 Å². The van der Waals surface area contributed by atoms with Crippen LogP contribution in [0.3, 0.4) is 0 Å². The van der Waals surface area contributed by atoms with E-state index in [9.17, 15) is 9.59 Å². The van der Waals surface area contributed by atoms with Crippen molar-refractivity contribution in [3.8, 4) is 0 Å². The lowest BCUT2D eigenvalue weighted by molar-refractivity contribution is -0.165. The third kappa shape index (κ3) is 7.23. The summed E-state index contributed by atoms with van der Waals surface area (Å²) in [5.41, 5.74) is 0. The highest BCUT2D eigenvalue weighted by molar-refractivity contribution is 6.27. The molecule has 0 aliphatic carbocycles. The molecule has 0 aromatic rings. The van der Waals surface area contributed by atoms with Crippen molar-refractivity contribution in [3.63, 3.8) is 0 Å². The summed E-state index contributed by atoms with van der Waals surface area (Å²) in [6.45, 7) is 0. The largest absolute Gasteiger partial charge is 0.479 e. The number of aliphatic hydroxyl groups is 2. The van der Waals surface area contributed by atoms with Gasteiger partial charge in [0.05, 0.1) is 0 Å². The number of carboxylic acid groups (broad SMARTS) is 4. The van der Waals surface area contributed by atoms with Crippen molar-refractivity contribution >= 4 is 23.9 Å². The minimum atomic E-state index is -2.27. The molecule has 0 amide bonds. The van der Waals surface area contributed by atoms with E-state index in [1.165, 1.54) is 0 Å². The number of hydrogen-bond donors (Lipinski definition) is 6. The van der Waals surface area contributed by atoms with Gasteiger partial charge in [0.15, 0.2) is 12.2 Å². The van der Waals surface area contributed by atoms with Gasteiger partial charge in [0.2, 0.25) is 0 Å². The van der Waals surface area contributed by atoms with E-state index in [0.29, 0.717) is 0 Å². The predicted molar refractivity (Wildman–Crippen MR) is 42.6 cm³/mol. The average molecular weight is 240 g/mol. The first-order valence-electron chi connectivity index (χ1n) is 3.39. The van der Waals surface area contributed by atoms with Crippen LogP contribution >= 0.6 is 0 Å². The molecule has 92 valence electrons. The molecule has 0 rings (SSSR count). The Morgan fingerprint density at radius 2 is 0.812 bits per heavy atom. The molecule has 16 heavy (non-hydrogen) atoms. The molecule has 0 aliphatic heterocycles. The summed E-state index contributed by atoms with van der Waals surface area (Å²) in [5, 5.41) is 47.3. The van der Waals surface area contributed by atoms with Gasteiger partial charge in [-0.1, -0.05) is 0 Å². The fraction of sp³-hybridized carbons (Fsp3) is 0.333. The molecular weight excluding hydrogens is 232 g/mol. The number of rotatable bonds is 3. The number of aliphatic carboxylic acids is 4. The molecular formula is C6H8O10. The Bertz CT molecular complexity index is 264. The summed E-state index contributed by atoms with van der Waals surface area (Å²) in [6.07, 6.45) is -4.53. The first-order chi connectivity index (χ1) is 7.11. The van der Waals surface area contributed by atoms with Crippen LogP contribution in [0.15, 0.2) is 0 Å². The molecule has 0 aromatic carbocycles. The number of carboxylic acids is 4. The topological polar surface area (TPSA) is 190 Å². The van der Waals surface area contributed by atoms with E-state index in [2.05, 4.69) is 0 Å². The first kappa shape index (κ1) is 16.2. The van der Waals surface area contributed by atoms with Crippen LogP contribution in [0.1, 0.15) is 0 Å². The number of aliphatic hydroxyl groups excluding tert-OH is 2. The van der Waals surface area contributed by atoms with Gasteiger partial charge < -0.3 is 30.6 Å². The highest BCUT2D eigenvalue weighted by atomic mass is 16.4. The van der Waals surface area contributed by atoms with Gasteiger partial charge in [-0.3, -0.25) is 0 Å². The molecule has 0 bridgehead atoms. The Hall–Kier alpha value is -2.20. The monoisotopic (exact) mass is 240 g/mol. The molecule has 6 N–H and O–H groups in total. The third-order valence-corrected chi connectivity index (χ3v) is 0.988. The van der Waals surface area contributed by atoms with Gasteiger partial charge >= 0.3 is 23.9 Å². The molecule has 0 heterocycles. The van der Waals surface area contributed by atoms with E-state index in [0.717, 1.165) is 0 Å². The fourth-order valence-electron chi connectivity index (χ4n) is 0.270. The van der Waals surface area contributed by atoms with Crippen LogP contribution in [0.25, 0.3) is 0 Å². The van der Waals surface area contributed by atoms with Crippen LogP contribution < -0.4 is 0 Å². The fourth-order valence-corrected chi connectivity index (χ4v) is 0.270. The SMILES string of the molecule is O=C(O)C(=O)O.O=C(O)[C@@H](O)[C@H](O)C(=O)O. The summed E-state index contributed by atoms with van der Waals surface area (Å²) in [6, 6.07) is 0. The predicted octanol–water partition coefficient (Wildman–Crippen LogP) is -2.97. The van der Waals surface area contributed by atoms with Crippen LogP contribution in [0.4, 0.5) is 0 Å². The molecule has 0 radical (unpaired) electrons. The lowest BCUT2D eigenvalue weighted by atomic mass is 10.2. The highest BCUT2D eigenvalue weighted by Crippen LogP contribution is 1.92. The Kier molecular flexibility index (Phi) is 7.25. The second kappa shape index (κ2) is 7.14. The normalized spacial score (nSPS) is 12.6. The Morgan fingerprint density at radius 1 is 0.625 bits per heavy atom. The van der Waals surface area contributed by atoms with Crippen LogP contribution in [-0.2, 0) is 19.2 Å². The minimum Gasteiger partial charge on any atom is -0.479 e. The van der Waals surface area contributed by atoms with E-state index in [-0.39, 0.29) is 0 Å². The molecule has 2 atom stereocenters. The Morgan fingerprint density at radius 3 is 0.875 bits per heavy atom. The van der Waals surface area contributed by atoms with E-state index in [1.54, 1.807) is 0 Å². The summed E-state index contributed by atoms with van der Waals surface area (Å²) >= 11 is 0. The molecule has 0 aliphatic rings. The van der Waals surface area contributed by atoms with Gasteiger partial charge in [-0.05, 0) is 0 Å². The summed E-state index contributed by atoms with van der Waals surface area (Å²) in [7, 11) is 0. The van der Waals surface area contributed by atoms with Crippen LogP contribution in [0.5, 0.6) is 0 Å². The summed E-state index contributed by atoms with van der Waals surface area (Å²) in [5.74, 6) is -7.19. The maximum atomic E-state index is 9.77. The lowest BCUT2D eigenvalue weighted by Crippen LogP contribution is -2.39. The zero-order valence-electron chi connectivity index (χ0n) is 7.47. The minimum absolute atomic E-state index is 1.77. The maximum Gasteiger partial charge on any atom is 0.414 e.